The summed E-state index contributed by atoms with van der Waals surface area (Å²) in [5, 5.41) is 7.20. The molecule has 2 heterocycles. The minimum Gasteiger partial charge on any atom is -0.241 e. The number of aryl methyl sites for hydroxylation is 4. The first kappa shape index (κ1) is 33.9. The van der Waals surface area contributed by atoms with Gasteiger partial charge in [-0.3, -0.25) is 0 Å². The summed E-state index contributed by atoms with van der Waals surface area (Å²) < 4.78 is 2.50. The fourth-order valence-electron chi connectivity index (χ4n) is 7.40. The Kier molecular flexibility index (Phi) is 8.86. The van der Waals surface area contributed by atoms with E-state index in [4.69, 9.17) is 9.97 Å². The third kappa shape index (κ3) is 6.49. The summed E-state index contributed by atoms with van der Waals surface area (Å²) in [6, 6.07) is 56.9. The first-order valence-corrected chi connectivity index (χ1v) is 19.9. The fraction of sp³-hybridized carbons (Fsp3) is 0.0800. The molecule has 0 atom stereocenters. The van der Waals surface area contributed by atoms with E-state index >= 15 is 0 Å². The van der Waals surface area contributed by atoms with Crippen LogP contribution in [0, 0.1) is 27.7 Å². The van der Waals surface area contributed by atoms with Crippen LogP contribution in [0.2, 0.25) is 0 Å². The van der Waals surface area contributed by atoms with E-state index in [0.717, 1.165) is 21.0 Å². The molecule has 0 aliphatic heterocycles. The van der Waals surface area contributed by atoms with Crippen LogP contribution in [-0.4, -0.2) is 9.97 Å². The van der Waals surface area contributed by atoms with E-state index in [1.165, 1.54) is 86.6 Å². The molecule has 0 radical (unpaired) electrons. The van der Waals surface area contributed by atoms with Crippen molar-refractivity contribution in [2.24, 2.45) is 0 Å². The molecule has 54 heavy (non-hydrogen) atoms. The minimum atomic E-state index is 1.11. The van der Waals surface area contributed by atoms with Crippen molar-refractivity contribution in [3.8, 4) is 44.5 Å². The van der Waals surface area contributed by atoms with Gasteiger partial charge in [0.1, 0.15) is 0 Å². The standard InChI is InChI=1S/C26H21NS.C24H17NS/c1-16-4-8-19(9-5-16)21-12-13-22-24(14-21)23(20-10-6-17(2)7-11-20)15-25-26(22)27-18(3)28-25;1-16-25-24-20-13-12-19(17-8-4-2-5-9-17)14-22(20)21(15-23(24)26-16)18-10-6-3-7-11-18/h4-15H,1-3H3;2-15H,1H3. The summed E-state index contributed by atoms with van der Waals surface area (Å²) in [6.45, 7) is 8.42. The van der Waals surface area contributed by atoms with Crippen molar-refractivity contribution in [3.63, 3.8) is 0 Å². The van der Waals surface area contributed by atoms with Crippen LogP contribution in [0.25, 0.3) is 86.5 Å². The molecule has 0 fully saturated rings. The van der Waals surface area contributed by atoms with Crippen LogP contribution < -0.4 is 0 Å². The number of nitrogens with zero attached hydrogens (tertiary/aromatic N) is 2. The Morgan fingerprint density at radius 3 is 1.17 bits per heavy atom. The minimum absolute atomic E-state index is 1.11. The Hall–Kier alpha value is -5.94. The van der Waals surface area contributed by atoms with E-state index in [-0.39, 0.29) is 0 Å². The van der Waals surface area contributed by atoms with E-state index in [1.807, 2.05) is 0 Å². The Morgan fingerprint density at radius 2 is 0.704 bits per heavy atom. The molecule has 4 heteroatoms. The molecule has 0 aliphatic carbocycles. The van der Waals surface area contributed by atoms with Gasteiger partial charge in [-0.05, 0) is 107 Å². The number of aromatic nitrogens is 2. The average Bonchev–Trinajstić information content (AvgIpc) is 3.79. The van der Waals surface area contributed by atoms with Gasteiger partial charge in [0.15, 0.2) is 0 Å². The quantitative estimate of drug-likeness (QED) is 0.180. The van der Waals surface area contributed by atoms with Gasteiger partial charge < -0.3 is 0 Å². The summed E-state index contributed by atoms with van der Waals surface area (Å²) >= 11 is 3.54. The van der Waals surface area contributed by atoms with Gasteiger partial charge in [-0.1, -0.05) is 145 Å². The Labute approximate surface area is 324 Å². The lowest BCUT2D eigenvalue weighted by atomic mass is 9.93. The normalized spacial score (nSPS) is 11.3. The number of thiazole rings is 2. The van der Waals surface area contributed by atoms with Gasteiger partial charge in [0.25, 0.3) is 0 Å². The predicted molar refractivity (Wildman–Crippen MR) is 235 cm³/mol. The van der Waals surface area contributed by atoms with Crippen LogP contribution in [0.3, 0.4) is 0 Å². The van der Waals surface area contributed by atoms with Gasteiger partial charge in [0.2, 0.25) is 0 Å². The van der Waals surface area contributed by atoms with Gasteiger partial charge in [-0.15, -0.1) is 22.7 Å². The van der Waals surface area contributed by atoms with Crippen molar-refractivity contribution in [2.75, 3.05) is 0 Å². The molecule has 260 valence electrons. The van der Waals surface area contributed by atoms with Crippen LogP contribution in [0.5, 0.6) is 0 Å². The highest BCUT2D eigenvalue weighted by molar-refractivity contribution is 7.19. The average molecular weight is 731 g/mol. The second kappa shape index (κ2) is 14.1. The highest BCUT2D eigenvalue weighted by Gasteiger charge is 2.15. The Balaban J connectivity index is 0.000000143. The van der Waals surface area contributed by atoms with Gasteiger partial charge >= 0.3 is 0 Å². The van der Waals surface area contributed by atoms with E-state index in [2.05, 4.69) is 185 Å². The Morgan fingerprint density at radius 1 is 0.333 bits per heavy atom. The number of hydrogen-bond acceptors (Lipinski definition) is 4. The van der Waals surface area contributed by atoms with Gasteiger partial charge in [-0.25, -0.2) is 9.97 Å². The predicted octanol–water partition coefficient (Wildman–Crippen LogP) is 14.8. The number of rotatable bonds is 4. The molecule has 0 spiro atoms. The lowest BCUT2D eigenvalue weighted by Gasteiger charge is -2.11. The summed E-state index contributed by atoms with van der Waals surface area (Å²) in [5.74, 6) is 0. The Bertz CT molecular complexity index is 2940. The third-order valence-electron chi connectivity index (χ3n) is 10.1. The molecular weight excluding hydrogens is 693 g/mol. The van der Waals surface area contributed by atoms with Crippen LogP contribution in [-0.2, 0) is 0 Å². The van der Waals surface area contributed by atoms with Crippen LogP contribution >= 0.6 is 22.7 Å². The van der Waals surface area contributed by atoms with E-state index < -0.39 is 0 Å². The SMILES string of the molecule is Cc1ccc(-c2ccc3c(c2)c(-c2ccc(C)cc2)cc2sc(C)nc23)cc1.Cc1nc2c(cc(-c3ccccc3)c3cc(-c4ccccc4)ccc32)s1. The maximum atomic E-state index is 4.82. The van der Waals surface area contributed by atoms with Crippen LogP contribution in [0.15, 0.2) is 158 Å². The molecule has 0 amide bonds. The zero-order valence-electron chi connectivity index (χ0n) is 30.7. The number of benzene rings is 8. The zero-order chi connectivity index (χ0) is 36.8. The first-order valence-electron chi connectivity index (χ1n) is 18.3. The van der Waals surface area contributed by atoms with Crippen LogP contribution in [0.1, 0.15) is 21.1 Å². The van der Waals surface area contributed by atoms with Crippen molar-refractivity contribution in [3.05, 3.63) is 179 Å². The highest BCUT2D eigenvalue weighted by atomic mass is 32.1. The second-order valence-corrected chi connectivity index (χ2v) is 16.5. The van der Waals surface area contributed by atoms with Crippen molar-refractivity contribution >= 4 is 64.7 Å². The van der Waals surface area contributed by atoms with E-state index in [1.54, 1.807) is 22.7 Å². The number of hydrogen-bond donors (Lipinski definition) is 0. The van der Waals surface area contributed by atoms with Crippen molar-refractivity contribution in [2.45, 2.75) is 27.7 Å². The molecule has 0 aliphatic rings. The molecule has 2 nitrogen and oxygen atoms in total. The van der Waals surface area contributed by atoms with Crippen molar-refractivity contribution in [1.82, 2.24) is 9.97 Å². The number of fused-ring (bicyclic) bond motifs is 6. The third-order valence-corrected chi connectivity index (χ3v) is 12.0. The van der Waals surface area contributed by atoms with Crippen molar-refractivity contribution in [1.29, 1.82) is 0 Å². The maximum absolute atomic E-state index is 4.82. The van der Waals surface area contributed by atoms with E-state index in [0.29, 0.717) is 0 Å². The molecule has 10 rings (SSSR count). The van der Waals surface area contributed by atoms with Gasteiger partial charge in [0.05, 0.1) is 30.4 Å². The summed E-state index contributed by atoms with van der Waals surface area (Å²) in [4.78, 5) is 9.62. The lowest BCUT2D eigenvalue weighted by molar-refractivity contribution is 1.35. The molecule has 0 bridgehead atoms. The smallest absolute Gasteiger partial charge is 0.0908 e. The second-order valence-electron chi connectivity index (χ2n) is 14.0. The lowest BCUT2D eigenvalue weighted by Crippen LogP contribution is -1.86. The zero-order valence-corrected chi connectivity index (χ0v) is 32.4. The summed E-state index contributed by atoms with van der Waals surface area (Å²) in [7, 11) is 0. The molecule has 0 unspecified atom stereocenters. The fourth-order valence-corrected chi connectivity index (χ4v) is 9.16. The first-order chi connectivity index (χ1) is 26.4. The van der Waals surface area contributed by atoms with Crippen LogP contribution in [0.4, 0.5) is 0 Å². The summed E-state index contributed by atoms with van der Waals surface area (Å²) in [5.41, 5.74) is 14.8. The van der Waals surface area contributed by atoms with Crippen molar-refractivity contribution < 1.29 is 0 Å². The molecule has 2 aromatic heterocycles. The molecule has 8 aromatic carbocycles. The monoisotopic (exact) mass is 730 g/mol. The van der Waals surface area contributed by atoms with Gasteiger partial charge in [-0.2, -0.15) is 0 Å². The molecule has 10 aromatic rings. The van der Waals surface area contributed by atoms with Gasteiger partial charge in [0, 0.05) is 10.8 Å². The molecule has 0 saturated carbocycles. The topological polar surface area (TPSA) is 25.8 Å². The highest BCUT2D eigenvalue weighted by Crippen LogP contribution is 2.40. The van der Waals surface area contributed by atoms with E-state index in [9.17, 15) is 0 Å². The maximum Gasteiger partial charge on any atom is 0.0908 e. The molecule has 0 saturated heterocycles. The molecular formula is C50H38N2S2. The largest absolute Gasteiger partial charge is 0.241 e. The molecule has 0 N–H and O–H groups in total. The summed E-state index contributed by atoms with van der Waals surface area (Å²) in [6.07, 6.45) is 0.